The number of likely N-dealkylation sites (tertiary alicyclic amines) is 1. The van der Waals surface area contributed by atoms with Crippen LogP contribution in [0.1, 0.15) is 12.1 Å². The third kappa shape index (κ3) is 5.46. The number of aryl methyl sites for hydroxylation is 1. The summed E-state index contributed by atoms with van der Waals surface area (Å²) in [7, 11) is 0. The van der Waals surface area contributed by atoms with E-state index in [0.717, 1.165) is 59.6 Å². The van der Waals surface area contributed by atoms with Crippen molar-refractivity contribution in [2.75, 3.05) is 56.0 Å². The Morgan fingerprint density at radius 3 is 2.54 bits per heavy atom. The Morgan fingerprint density at radius 1 is 1.00 bits per heavy atom. The van der Waals surface area contributed by atoms with Crippen LogP contribution >= 0.6 is 0 Å². The molecule has 2 aliphatic heterocycles. The molecule has 39 heavy (non-hydrogen) atoms. The molecule has 2 aliphatic rings. The van der Waals surface area contributed by atoms with E-state index in [1.54, 1.807) is 12.4 Å². The van der Waals surface area contributed by atoms with Gasteiger partial charge in [0.2, 0.25) is 11.8 Å². The summed E-state index contributed by atoms with van der Waals surface area (Å²) in [6.07, 6.45) is 4.24. The first-order chi connectivity index (χ1) is 19.0. The lowest BCUT2D eigenvalue weighted by Crippen LogP contribution is -2.51. The number of piperazine rings is 1. The molecule has 0 bridgehead atoms. The van der Waals surface area contributed by atoms with Crippen LogP contribution < -0.4 is 10.2 Å². The molecule has 0 radical (unpaired) electrons. The van der Waals surface area contributed by atoms with Crippen LogP contribution in [0.3, 0.4) is 0 Å². The Bertz CT molecular complexity index is 1460. The predicted molar refractivity (Wildman–Crippen MR) is 150 cm³/mol. The third-order valence-electron chi connectivity index (χ3n) is 7.70. The number of amides is 2. The van der Waals surface area contributed by atoms with Crippen molar-refractivity contribution in [3.63, 3.8) is 0 Å². The Hall–Kier alpha value is -4.31. The van der Waals surface area contributed by atoms with Crippen molar-refractivity contribution >= 4 is 34.1 Å². The number of hydrogen-bond donors (Lipinski definition) is 2. The van der Waals surface area contributed by atoms with E-state index in [2.05, 4.69) is 47.4 Å². The molecule has 10 heteroatoms. The number of carbonyl (C=O) groups excluding carboxylic acids is 2. The van der Waals surface area contributed by atoms with Gasteiger partial charge in [0.25, 0.3) is 0 Å². The van der Waals surface area contributed by atoms with E-state index in [-0.39, 0.29) is 17.7 Å². The smallest absolute Gasteiger partial charge is 0.236 e. The average molecular weight is 525 g/mol. The highest BCUT2D eigenvalue weighted by atomic mass is 16.2. The van der Waals surface area contributed by atoms with Gasteiger partial charge in [0.15, 0.2) is 5.82 Å². The van der Waals surface area contributed by atoms with E-state index in [1.807, 2.05) is 48.2 Å². The maximum atomic E-state index is 13.0. The summed E-state index contributed by atoms with van der Waals surface area (Å²) in [5.41, 5.74) is 4.75. The summed E-state index contributed by atoms with van der Waals surface area (Å²) in [5.74, 6) is 0.726. The van der Waals surface area contributed by atoms with Crippen LogP contribution in [0.15, 0.2) is 60.9 Å². The minimum absolute atomic E-state index is 0.00362. The minimum atomic E-state index is -0.125. The highest BCUT2D eigenvalue weighted by Crippen LogP contribution is 2.24. The highest BCUT2D eigenvalue weighted by Gasteiger charge is 2.31. The molecule has 6 rings (SSSR count). The molecule has 2 amide bonds. The normalized spacial score (nSPS) is 18.0. The number of aromatic amines is 1. The van der Waals surface area contributed by atoms with Crippen LogP contribution in [-0.4, -0.2) is 87.6 Å². The fourth-order valence-corrected chi connectivity index (χ4v) is 5.43. The number of nitrogens with zero attached hydrogens (tertiary/aromatic N) is 6. The molecule has 4 heterocycles. The Balaban J connectivity index is 0.969. The van der Waals surface area contributed by atoms with Gasteiger partial charge in [0.1, 0.15) is 0 Å². The van der Waals surface area contributed by atoms with Gasteiger partial charge in [-0.3, -0.25) is 19.6 Å². The number of carbonyl (C=O) groups is 2. The lowest BCUT2D eigenvalue weighted by Gasteiger charge is -2.36. The molecule has 0 unspecified atom stereocenters. The zero-order valence-electron chi connectivity index (χ0n) is 22.0. The van der Waals surface area contributed by atoms with Gasteiger partial charge in [-0.1, -0.05) is 0 Å². The Morgan fingerprint density at radius 2 is 1.77 bits per heavy atom. The molecular weight excluding hydrogens is 492 g/mol. The lowest BCUT2D eigenvalue weighted by molar-refractivity contribution is -0.132. The van der Waals surface area contributed by atoms with Crippen LogP contribution in [0.4, 0.5) is 11.4 Å². The first kappa shape index (κ1) is 25.0. The highest BCUT2D eigenvalue weighted by molar-refractivity contribution is 5.95. The predicted octanol–water partition coefficient (Wildman–Crippen LogP) is 2.94. The Labute approximate surface area is 227 Å². The molecule has 10 nitrogen and oxygen atoms in total. The molecule has 2 N–H and O–H groups in total. The van der Waals surface area contributed by atoms with Gasteiger partial charge in [-0.25, -0.2) is 9.97 Å². The van der Waals surface area contributed by atoms with Gasteiger partial charge in [-0.2, -0.15) is 5.10 Å². The van der Waals surface area contributed by atoms with Crippen molar-refractivity contribution in [1.82, 2.24) is 30.0 Å². The SMILES string of the molecule is Cc1[nH]nc2ccc(NC(=O)[C@@H]3CCN(CC(=O)N4CCN(c5ccc(-c6ncccn6)cc5)CC4)C3)cc12. The number of fused-ring (bicyclic) bond motifs is 1. The number of H-pyrrole nitrogens is 1. The molecule has 0 aliphatic carbocycles. The van der Waals surface area contributed by atoms with E-state index in [4.69, 9.17) is 0 Å². The van der Waals surface area contributed by atoms with Crippen LogP contribution in [0.25, 0.3) is 22.3 Å². The molecule has 2 aromatic carbocycles. The number of aromatic nitrogens is 4. The summed E-state index contributed by atoms with van der Waals surface area (Å²) >= 11 is 0. The van der Waals surface area contributed by atoms with E-state index in [0.29, 0.717) is 32.0 Å². The molecule has 1 atom stereocenters. The molecule has 2 aromatic heterocycles. The summed E-state index contributed by atoms with van der Waals surface area (Å²) in [5, 5.41) is 11.3. The largest absolute Gasteiger partial charge is 0.368 e. The first-order valence-corrected chi connectivity index (χ1v) is 13.4. The second-order valence-corrected chi connectivity index (χ2v) is 10.3. The summed E-state index contributed by atoms with van der Waals surface area (Å²) in [6, 6.07) is 15.8. The molecule has 4 aromatic rings. The molecule has 0 saturated carbocycles. The van der Waals surface area contributed by atoms with Gasteiger partial charge >= 0.3 is 0 Å². The average Bonchev–Trinajstić information content (AvgIpc) is 3.60. The number of rotatable bonds is 6. The second kappa shape index (κ2) is 10.8. The Kier molecular flexibility index (Phi) is 6.93. The topological polar surface area (TPSA) is 110 Å². The molecular formula is C29H32N8O2. The number of anilines is 2. The van der Waals surface area contributed by atoms with Crippen LogP contribution in [0.5, 0.6) is 0 Å². The van der Waals surface area contributed by atoms with E-state index < -0.39 is 0 Å². The summed E-state index contributed by atoms with van der Waals surface area (Å²) in [4.78, 5) is 40.9. The fraction of sp³-hybridized carbons (Fsp3) is 0.345. The van der Waals surface area contributed by atoms with E-state index in [1.165, 1.54) is 0 Å². The van der Waals surface area contributed by atoms with Gasteiger partial charge < -0.3 is 15.1 Å². The maximum Gasteiger partial charge on any atom is 0.236 e. The first-order valence-electron chi connectivity index (χ1n) is 13.4. The fourth-order valence-electron chi connectivity index (χ4n) is 5.43. The zero-order valence-corrected chi connectivity index (χ0v) is 22.0. The van der Waals surface area contributed by atoms with E-state index in [9.17, 15) is 9.59 Å². The van der Waals surface area contributed by atoms with E-state index >= 15 is 0 Å². The van der Waals surface area contributed by atoms with Crippen molar-refractivity contribution in [3.05, 3.63) is 66.6 Å². The van der Waals surface area contributed by atoms with Crippen molar-refractivity contribution in [1.29, 1.82) is 0 Å². The van der Waals surface area contributed by atoms with Crippen LogP contribution in [0.2, 0.25) is 0 Å². The number of hydrogen-bond acceptors (Lipinski definition) is 7. The van der Waals surface area contributed by atoms with Gasteiger partial charge in [0.05, 0.1) is 18.0 Å². The van der Waals surface area contributed by atoms with Crippen molar-refractivity contribution < 1.29 is 9.59 Å². The second-order valence-electron chi connectivity index (χ2n) is 10.3. The van der Waals surface area contributed by atoms with Crippen molar-refractivity contribution in [3.8, 4) is 11.4 Å². The third-order valence-corrected chi connectivity index (χ3v) is 7.70. The zero-order chi connectivity index (χ0) is 26.8. The monoisotopic (exact) mass is 524 g/mol. The van der Waals surface area contributed by atoms with Crippen molar-refractivity contribution in [2.24, 2.45) is 5.92 Å². The molecule has 2 saturated heterocycles. The van der Waals surface area contributed by atoms with Crippen molar-refractivity contribution in [2.45, 2.75) is 13.3 Å². The minimum Gasteiger partial charge on any atom is -0.368 e. The van der Waals surface area contributed by atoms with Crippen LogP contribution in [-0.2, 0) is 9.59 Å². The number of benzene rings is 2. The number of nitrogens with one attached hydrogen (secondary N) is 2. The van der Waals surface area contributed by atoms with Crippen LogP contribution in [0, 0.1) is 12.8 Å². The lowest BCUT2D eigenvalue weighted by atomic mass is 10.1. The standard InChI is InChI=1S/C29H32N8O2/c1-20-25-17-23(5-8-26(25)34-33-20)32-29(39)22-9-12-35(18-22)19-27(38)37-15-13-36(14-16-37)24-6-3-21(4-7-24)28-30-10-2-11-31-28/h2-8,10-11,17,22H,9,12-16,18-19H2,1H3,(H,32,39)(H,33,34)/t22-/m1/s1. The maximum absolute atomic E-state index is 13.0. The van der Waals surface area contributed by atoms with Gasteiger partial charge in [-0.05, 0) is 68.4 Å². The molecule has 0 spiro atoms. The van der Waals surface area contributed by atoms with Gasteiger partial charge in [-0.15, -0.1) is 0 Å². The molecule has 200 valence electrons. The van der Waals surface area contributed by atoms with Gasteiger partial charge in [0, 0.05) is 73.1 Å². The summed E-state index contributed by atoms with van der Waals surface area (Å²) < 4.78 is 0. The quantitative estimate of drug-likeness (QED) is 0.399. The molecule has 2 fully saturated rings. The summed E-state index contributed by atoms with van der Waals surface area (Å²) in [6.45, 7) is 6.63.